The molecule has 36 heavy (non-hydrogen) atoms. The lowest BCUT2D eigenvalue weighted by atomic mass is 10.0. The number of hydrogen-bond acceptors (Lipinski definition) is 10. The van der Waals surface area contributed by atoms with Crippen LogP contribution in [0.2, 0.25) is 0 Å². The molecule has 0 radical (unpaired) electrons. The SMILES string of the molecule is CCCSc1nc(NC2CC2c2ccc(C)c(OC)c2)c2nnn(C3CC(CCO)C(O)C3O)c2n1. The minimum Gasteiger partial charge on any atom is -0.496 e. The number of nitrogens with one attached hydrogen (secondary N) is 1. The molecule has 3 aromatic rings. The molecule has 1 aromatic carbocycles. The van der Waals surface area contributed by atoms with Crippen molar-refractivity contribution in [2.45, 2.75) is 74.9 Å². The minimum absolute atomic E-state index is 0.0390. The van der Waals surface area contributed by atoms with Gasteiger partial charge in [0.2, 0.25) is 0 Å². The molecule has 6 unspecified atom stereocenters. The van der Waals surface area contributed by atoms with E-state index in [0.29, 0.717) is 40.9 Å². The van der Waals surface area contributed by atoms with Gasteiger partial charge < -0.3 is 25.4 Å². The molecule has 2 aliphatic rings. The maximum atomic E-state index is 10.7. The third-order valence-electron chi connectivity index (χ3n) is 7.30. The number of aromatic nitrogens is 5. The summed E-state index contributed by atoms with van der Waals surface area (Å²) < 4.78 is 7.13. The second-order valence-corrected chi connectivity index (χ2v) is 10.9. The van der Waals surface area contributed by atoms with Gasteiger partial charge in [0, 0.05) is 24.3 Å². The number of aliphatic hydroxyl groups is 3. The molecule has 4 N–H and O–H groups in total. The largest absolute Gasteiger partial charge is 0.496 e. The van der Waals surface area contributed by atoms with Gasteiger partial charge in [0.1, 0.15) is 11.9 Å². The van der Waals surface area contributed by atoms with Gasteiger partial charge in [0.05, 0.1) is 19.3 Å². The van der Waals surface area contributed by atoms with Crippen LogP contribution in [0.1, 0.15) is 55.7 Å². The Hall–Kier alpha value is -2.47. The number of hydrogen-bond donors (Lipinski definition) is 4. The second-order valence-electron chi connectivity index (χ2n) is 9.79. The number of thioether (sulfide) groups is 1. The first-order valence-corrected chi connectivity index (χ1v) is 13.6. The molecule has 2 aromatic heterocycles. The smallest absolute Gasteiger partial charge is 0.191 e. The van der Waals surface area contributed by atoms with E-state index < -0.39 is 18.2 Å². The number of nitrogens with zero attached hydrogens (tertiary/aromatic N) is 5. The van der Waals surface area contributed by atoms with E-state index in [2.05, 4.69) is 40.8 Å². The number of anilines is 1. The number of ether oxygens (including phenoxy) is 1. The molecule has 0 spiro atoms. The molecule has 6 atom stereocenters. The highest BCUT2D eigenvalue weighted by Gasteiger charge is 2.44. The van der Waals surface area contributed by atoms with Crippen molar-refractivity contribution in [2.24, 2.45) is 5.92 Å². The van der Waals surface area contributed by atoms with Crippen molar-refractivity contribution in [3.05, 3.63) is 29.3 Å². The molecule has 194 valence electrons. The van der Waals surface area contributed by atoms with Crippen molar-refractivity contribution in [2.75, 3.05) is 24.8 Å². The van der Waals surface area contributed by atoms with Crippen LogP contribution in [0.4, 0.5) is 5.82 Å². The maximum Gasteiger partial charge on any atom is 0.191 e. The summed E-state index contributed by atoms with van der Waals surface area (Å²) in [5, 5.41) is 43.5. The fraction of sp³-hybridized carbons (Fsp3) is 0.600. The highest BCUT2D eigenvalue weighted by Crippen LogP contribution is 2.45. The summed E-state index contributed by atoms with van der Waals surface area (Å²) in [5.74, 6) is 2.54. The highest BCUT2D eigenvalue weighted by molar-refractivity contribution is 7.99. The van der Waals surface area contributed by atoms with Gasteiger partial charge in [0.25, 0.3) is 0 Å². The van der Waals surface area contributed by atoms with Crippen molar-refractivity contribution >= 4 is 28.7 Å². The Morgan fingerprint density at radius 2 is 2.03 bits per heavy atom. The number of aliphatic hydroxyl groups excluding tert-OH is 3. The first-order valence-electron chi connectivity index (χ1n) is 12.6. The molecule has 11 heteroatoms. The Morgan fingerprint density at radius 1 is 1.19 bits per heavy atom. The van der Waals surface area contributed by atoms with Gasteiger partial charge in [-0.3, -0.25) is 0 Å². The van der Waals surface area contributed by atoms with Crippen molar-refractivity contribution in [3.8, 4) is 5.75 Å². The topological polar surface area (TPSA) is 138 Å². The predicted molar refractivity (Wildman–Crippen MR) is 137 cm³/mol. The van der Waals surface area contributed by atoms with E-state index in [9.17, 15) is 15.3 Å². The Balaban J connectivity index is 1.43. The molecule has 2 saturated carbocycles. The van der Waals surface area contributed by atoms with Crippen molar-refractivity contribution in [1.82, 2.24) is 25.0 Å². The van der Waals surface area contributed by atoms with Gasteiger partial charge in [0.15, 0.2) is 22.1 Å². The second kappa shape index (κ2) is 10.5. The summed E-state index contributed by atoms with van der Waals surface area (Å²) in [6.45, 7) is 4.11. The quantitative estimate of drug-likeness (QED) is 0.236. The summed E-state index contributed by atoms with van der Waals surface area (Å²) in [6.07, 6.45) is 0.948. The molecule has 0 amide bonds. The van der Waals surface area contributed by atoms with Crippen LogP contribution in [0, 0.1) is 12.8 Å². The lowest BCUT2D eigenvalue weighted by Gasteiger charge is -2.17. The average Bonchev–Trinajstić information content (AvgIpc) is 3.42. The van der Waals surface area contributed by atoms with Crippen molar-refractivity contribution < 1.29 is 20.1 Å². The van der Waals surface area contributed by atoms with Crippen LogP contribution in [0.25, 0.3) is 11.2 Å². The lowest BCUT2D eigenvalue weighted by Crippen LogP contribution is -2.30. The van der Waals surface area contributed by atoms with E-state index in [4.69, 9.17) is 14.7 Å². The highest BCUT2D eigenvalue weighted by atomic mass is 32.2. The van der Waals surface area contributed by atoms with E-state index >= 15 is 0 Å². The van der Waals surface area contributed by atoms with E-state index in [1.54, 1.807) is 23.6 Å². The Kier molecular flexibility index (Phi) is 7.34. The maximum absolute atomic E-state index is 10.7. The summed E-state index contributed by atoms with van der Waals surface area (Å²) >= 11 is 1.57. The van der Waals surface area contributed by atoms with E-state index in [-0.39, 0.29) is 18.6 Å². The molecule has 0 bridgehead atoms. The van der Waals surface area contributed by atoms with Crippen LogP contribution in [-0.4, -0.2) is 78.0 Å². The van der Waals surface area contributed by atoms with Gasteiger partial charge in [-0.05, 0) is 55.7 Å². The zero-order valence-electron chi connectivity index (χ0n) is 20.8. The van der Waals surface area contributed by atoms with Gasteiger partial charge in [-0.2, -0.15) is 0 Å². The molecule has 2 fully saturated rings. The fourth-order valence-electron chi connectivity index (χ4n) is 5.15. The van der Waals surface area contributed by atoms with Gasteiger partial charge in [-0.15, -0.1) is 5.10 Å². The third kappa shape index (κ3) is 4.77. The predicted octanol–water partition coefficient (Wildman–Crippen LogP) is 2.67. The Morgan fingerprint density at radius 3 is 2.78 bits per heavy atom. The van der Waals surface area contributed by atoms with E-state index in [0.717, 1.165) is 29.9 Å². The zero-order chi connectivity index (χ0) is 25.4. The number of rotatable bonds is 10. The summed E-state index contributed by atoms with van der Waals surface area (Å²) in [7, 11) is 1.69. The monoisotopic (exact) mass is 514 g/mol. The van der Waals surface area contributed by atoms with Gasteiger partial charge >= 0.3 is 0 Å². The molecule has 0 aliphatic heterocycles. The standard InChI is InChI=1S/C25H34N6O4S/c1-4-9-36-25-27-23(26-17-12-16(17)14-6-5-13(2)19(11-14)35-3)20-24(28-25)31(30-29-20)18-10-15(7-8-32)21(33)22(18)34/h5-6,11,15-18,21-22,32-34H,4,7-10,12H2,1-3H3,(H,26,27,28). The van der Waals surface area contributed by atoms with Crippen molar-refractivity contribution in [3.63, 3.8) is 0 Å². The van der Waals surface area contributed by atoms with Crippen LogP contribution in [0.5, 0.6) is 5.75 Å². The van der Waals surface area contributed by atoms with Gasteiger partial charge in [-0.1, -0.05) is 36.0 Å². The lowest BCUT2D eigenvalue weighted by molar-refractivity contribution is 0.00107. The number of benzene rings is 1. The number of aryl methyl sites for hydroxylation is 1. The molecular weight excluding hydrogens is 480 g/mol. The van der Waals surface area contributed by atoms with Crippen molar-refractivity contribution in [1.29, 1.82) is 0 Å². The summed E-state index contributed by atoms with van der Waals surface area (Å²) in [5.41, 5.74) is 3.43. The van der Waals surface area contributed by atoms with Crippen LogP contribution < -0.4 is 10.1 Å². The third-order valence-corrected chi connectivity index (χ3v) is 8.35. The van der Waals surface area contributed by atoms with E-state index in [1.807, 2.05) is 6.92 Å². The molecule has 2 heterocycles. The van der Waals surface area contributed by atoms with Crippen LogP contribution in [0.3, 0.4) is 0 Å². The summed E-state index contributed by atoms with van der Waals surface area (Å²) in [6, 6.07) is 6.07. The first kappa shape index (κ1) is 25.2. The molecule has 0 saturated heterocycles. The molecular formula is C25H34N6O4S. The van der Waals surface area contributed by atoms with E-state index in [1.165, 1.54) is 5.56 Å². The Labute approximate surface area is 214 Å². The first-order chi connectivity index (χ1) is 17.4. The normalized spacial score (nSPS) is 27.5. The molecule has 5 rings (SSSR count). The molecule has 2 aliphatic carbocycles. The zero-order valence-corrected chi connectivity index (χ0v) is 21.6. The van der Waals surface area contributed by atoms with Crippen LogP contribution in [0.15, 0.2) is 23.4 Å². The number of fused-ring (bicyclic) bond motifs is 1. The average molecular weight is 515 g/mol. The summed E-state index contributed by atoms with van der Waals surface area (Å²) in [4.78, 5) is 9.50. The van der Waals surface area contributed by atoms with Crippen LogP contribution in [-0.2, 0) is 0 Å². The fourth-order valence-corrected chi connectivity index (χ4v) is 5.85. The number of methoxy groups -OCH3 is 1. The molecule has 10 nitrogen and oxygen atoms in total. The Bertz CT molecular complexity index is 1220. The van der Waals surface area contributed by atoms with Gasteiger partial charge in [-0.25, -0.2) is 14.6 Å². The van der Waals surface area contributed by atoms with Crippen LogP contribution >= 0.6 is 11.8 Å². The minimum atomic E-state index is -1.01.